The van der Waals surface area contributed by atoms with Gasteiger partial charge in [0.05, 0.1) is 0 Å². The summed E-state index contributed by atoms with van der Waals surface area (Å²) in [6, 6.07) is 11.3. The fraction of sp³-hybridized carbons (Fsp3) is 0.235. The lowest BCUT2D eigenvalue weighted by Gasteiger charge is -2.33. The maximum Gasteiger partial charge on any atom is 0.415 e. The third kappa shape index (κ3) is 3.68. The van der Waals surface area contributed by atoms with Crippen LogP contribution in [0, 0.1) is 11.6 Å². The zero-order valence-corrected chi connectivity index (χ0v) is 14.5. The van der Waals surface area contributed by atoms with Crippen molar-refractivity contribution in [1.82, 2.24) is 9.21 Å². The molecule has 26 heavy (non-hydrogen) atoms. The molecule has 1 aliphatic rings. The highest BCUT2D eigenvalue weighted by Crippen LogP contribution is 2.23. The van der Waals surface area contributed by atoms with Crippen LogP contribution in [-0.4, -0.2) is 49.9 Å². The Labute approximate surface area is 149 Å². The Bertz CT molecular complexity index is 878. The van der Waals surface area contributed by atoms with Crippen LogP contribution in [0.5, 0.6) is 5.75 Å². The Morgan fingerprint density at radius 1 is 0.885 bits per heavy atom. The summed E-state index contributed by atoms with van der Waals surface area (Å²) in [5.74, 6) is -1.91. The van der Waals surface area contributed by atoms with Gasteiger partial charge in [-0.2, -0.15) is 4.31 Å². The lowest BCUT2D eigenvalue weighted by molar-refractivity contribution is 0.132. The summed E-state index contributed by atoms with van der Waals surface area (Å²) >= 11 is 0. The van der Waals surface area contributed by atoms with Gasteiger partial charge in [0.15, 0.2) is 4.90 Å². The first-order chi connectivity index (χ1) is 12.4. The van der Waals surface area contributed by atoms with Gasteiger partial charge in [-0.25, -0.2) is 22.0 Å². The highest BCUT2D eigenvalue weighted by Gasteiger charge is 2.34. The van der Waals surface area contributed by atoms with E-state index in [0.29, 0.717) is 5.75 Å². The normalized spacial score (nSPS) is 15.7. The molecule has 1 amide bonds. The summed E-state index contributed by atoms with van der Waals surface area (Å²) in [4.78, 5) is 12.5. The maximum absolute atomic E-state index is 13.8. The SMILES string of the molecule is O=C(Oc1ccccc1)N1CCN(S(=O)(=O)c2c(F)cccc2F)CC1. The number of carbonyl (C=O) groups is 1. The standard InChI is InChI=1S/C17H16F2N2O4S/c18-14-7-4-8-15(19)16(14)26(23,24)21-11-9-20(10-12-21)17(22)25-13-5-2-1-3-6-13/h1-8H,9-12H2. The Kier molecular flexibility index (Phi) is 5.19. The summed E-state index contributed by atoms with van der Waals surface area (Å²) in [5, 5.41) is 0. The van der Waals surface area contributed by atoms with Crippen LogP contribution in [0.15, 0.2) is 53.4 Å². The number of rotatable bonds is 3. The van der Waals surface area contributed by atoms with Crippen molar-refractivity contribution < 1.29 is 26.7 Å². The molecule has 1 fully saturated rings. The molecule has 0 radical (unpaired) electrons. The second-order valence-corrected chi connectivity index (χ2v) is 7.50. The fourth-order valence-corrected chi connectivity index (χ4v) is 4.15. The topological polar surface area (TPSA) is 66.9 Å². The van der Waals surface area contributed by atoms with Crippen LogP contribution < -0.4 is 4.74 Å². The average Bonchev–Trinajstić information content (AvgIpc) is 2.62. The van der Waals surface area contributed by atoms with Gasteiger partial charge in [0, 0.05) is 26.2 Å². The van der Waals surface area contributed by atoms with E-state index in [1.807, 2.05) is 0 Å². The Morgan fingerprint density at radius 2 is 1.46 bits per heavy atom. The number of hydrogen-bond acceptors (Lipinski definition) is 4. The highest BCUT2D eigenvalue weighted by molar-refractivity contribution is 7.89. The smallest absolute Gasteiger partial charge is 0.410 e. The number of benzene rings is 2. The number of piperazine rings is 1. The van der Waals surface area contributed by atoms with Gasteiger partial charge in [0.2, 0.25) is 10.0 Å². The molecule has 0 saturated carbocycles. The molecule has 9 heteroatoms. The molecule has 0 bridgehead atoms. The number of nitrogens with zero attached hydrogens (tertiary/aromatic N) is 2. The summed E-state index contributed by atoms with van der Waals surface area (Å²) in [6.45, 7) is -0.0536. The van der Waals surface area contributed by atoms with Crippen molar-refractivity contribution >= 4 is 16.1 Å². The monoisotopic (exact) mass is 382 g/mol. The molecule has 0 aliphatic carbocycles. The molecule has 138 valence electrons. The predicted octanol–water partition coefficient (Wildman–Crippen LogP) is 2.47. The minimum absolute atomic E-state index is 0.0565. The van der Waals surface area contributed by atoms with Crippen molar-refractivity contribution in [1.29, 1.82) is 0 Å². The van der Waals surface area contributed by atoms with Crippen molar-refractivity contribution in [2.75, 3.05) is 26.2 Å². The molecule has 2 aromatic rings. The number of hydrogen-bond donors (Lipinski definition) is 0. The first-order valence-electron chi connectivity index (χ1n) is 7.85. The zero-order chi connectivity index (χ0) is 18.7. The van der Waals surface area contributed by atoms with Gasteiger partial charge >= 0.3 is 6.09 Å². The number of sulfonamides is 1. The summed E-state index contributed by atoms with van der Waals surface area (Å²) in [7, 11) is -4.33. The molecule has 2 aromatic carbocycles. The van der Waals surface area contributed by atoms with Crippen molar-refractivity contribution in [2.24, 2.45) is 0 Å². The van der Waals surface area contributed by atoms with Crippen molar-refractivity contribution in [3.05, 3.63) is 60.2 Å². The Balaban J connectivity index is 1.67. The van der Waals surface area contributed by atoms with E-state index >= 15 is 0 Å². The molecular formula is C17H16F2N2O4S. The third-order valence-corrected chi connectivity index (χ3v) is 5.91. The predicted molar refractivity (Wildman–Crippen MR) is 89.2 cm³/mol. The van der Waals surface area contributed by atoms with E-state index < -0.39 is 32.6 Å². The van der Waals surface area contributed by atoms with E-state index in [2.05, 4.69) is 0 Å². The first kappa shape index (κ1) is 18.3. The van der Waals surface area contributed by atoms with Gasteiger partial charge in [-0.3, -0.25) is 0 Å². The largest absolute Gasteiger partial charge is 0.415 e. The molecule has 1 aliphatic heterocycles. The van der Waals surface area contributed by atoms with Gasteiger partial charge in [0.1, 0.15) is 17.4 Å². The lowest BCUT2D eigenvalue weighted by Crippen LogP contribution is -2.51. The zero-order valence-electron chi connectivity index (χ0n) is 13.6. The van der Waals surface area contributed by atoms with Crippen LogP contribution in [0.2, 0.25) is 0 Å². The van der Waals surface area contributed by atoms with Crippen LogP contribution in [-0.2, 0) is 10.0 Å². The van der Waals surface area contributed by atoms with Gasteiger partial charge in [0.25, 0.3) is 0 Å². The molecule has 0 unspecified atom stereocenters. The first-order valence-corrected chi connectivity index (χ1v) is 9.29. The van der Waals surface area contributed by atoms with Crippen LogP contribution in [0.3, 0.4) is 0 Å². The molecule has 0 spiro atoms. The minimum Gasteiger partial charge on any atom is -0.410 e. The van der Waals surface area contributed by atoms with Crippen LogP contribution >= 0.6 is 0 Å². The van der Waals surface area contributed by atoms with Crippen LogP contribution in [0.4, 0.5) is 13.6 Å². The van der Waals surface area contributed by atoms with Gasteiger partial charge < -0.3 is 9.64 Å². The molecule has 1 heterocycles. The van der Waals surface area contributed by atoms with Crippen molar-refractivity contribution in [2.45, 2.75) is 4.90 Å². The Morgan fingerprint density at radius 3 is 2.04 bits per heavy atom. The number of ether oxygens (including phenoxy) is 1. The molecular weight excluding hydrogens is 366 g/mol. The van der Waals surface area contributed by atoms with Crippen LogP contribution in [0.25, 0.3) is 0 Å². The quantitative estimate of drug-likeness (QED) is 0.818. The lowest BCUT2D eigenvalue weighted by atomic mass is 10.3. The van der Waals surface area contributed by atoms with E-state index in [9.17, 15) is 22.0 Å². The summed E-state index contributed by atoms with van der Waals surface area (Å²) < 4.78 is 58.8. The average molecular weight is 382 g/mol. The van der Waals surface area contributed by atoms with E-state index in [0.717, 1.165) is 22.5 Å². The summed E-state index contributed by atoms with van der Waals surface area (Å²) in [6.07, 6.45) is -0.606. The highest BCUT2D eigenvalue weighted by atomic mass is 32.2. The van der Waals surface area contributed by atoms with Crippen molar-refractivity contribution in [3.8, 4) is 5.75 Å². The van der Waals surface area contributed by atoms with Crippen molar-refractivity contribution in [3.63, 3.8) is 0 Å². The summed E-state index contributed by atoms with van der Waals surface area (Å²) in [5.41, 5.74) is 0. The number of para-hydroxylation sites is 1. The number of halogens is 2. The molecule has 0 N–H and O–H groups in total. The third-order valence-electron chi connectivity index (χ3n) is 3.96. The van der Waals surface area contributed by atoms with E-state index in [1.54, 1.807) is 30.3 Å². The molecule has 3 rings (SSSR count). The maximum atomic E-state index is 13.8. The van der Waals surface area contributed by atoms with E-state index in [-0.39, 0.29) is 26.2 Å². The molecule has 0 atom stereocenters. The second kappa shape index (κ2) is 7.38. The molecule has 0 aromatic heterocycles. The van der Waals surface area contributed by atoms with E-state index in [4.69, 9.17) is 4.74 Å². The number of amides is 1. The van der Waals surface area contributed by atoms with Gasteiger partial charge in [-0.15, -0.1) is 0 Å². The second-order valence-electron chi connectivity index (χ2n) is 5.62. The number of carbonyl (C=O) groups excluding carboxylic acids is 1. The molecule has 6 nitrogen and oxygen atoms in total. The Hall–Kier alpha value is -2.52. The van der Waals surface area contributed by atoms with E-state index in [1.165, 1.54) is 4.90 Å². The minimum atomic E-state index is -4.33. The van der Waals surface area contributed by atoms with Gasteiger partial charge in [-0.1, -0.05) is 24.3 Å². The fourth-order valence-electron chi connectivity index (χ4n) is 2.62. The van der Waals surface area contributed by atoms with Gasteiger partial charge in [-0.05, 0) is 24.3 Å². The molecule has 1 saturated heterocycles. The van der Waals surface area contributed by atoms with Crippen LogP contribution in [0.1, 0.15) is 0 Å².